The van der Waals surface area contributed by atoms with Gasteiger partial charge in [-0.15, -0.1) is 11.3 Å². The average Bonchev–Trinajstić information content (AvgIpc) is 3.44. The lowest BCUT2D eigenvalue weighted by Gasteiger charge is -2.15. The van der Waals surface area contributed by atoms with Crippen molar-refractivity contribution in [2.45, 2.75) is 51.6 Å². The Hall–Kier alpha value is -3.57. The van der Waals surface area contributed by atoms with Crippen molar-refractivity contribution >= 4 is 23.2 Å². The van der Waals surface area contributed by atoms with E-state index in [1.54, 1.807) is 17.4 Å². The van der Waals surface area contributed by atoms with Crippen molar-refractivity contribution in [3.8, 4) is 6.07 Å². The van der Waals surface area contributed by atoms with Crippen LogP contribution in [-0.4, -0.2) is 21.8 Å². The van der Waals surface area contributed by atoms with Crippen LogP contribution in [-0.2, 0) is 18.4 Å². The van der Waals surface area contributed by atoms with Gasteiger partial charge in [-0.05, 0) is 58.5 Å². The van der Waals surface area contributed by atoms with Crippen molar-refractivity contribution in [2.24, 2.45) is 0 Å². The summed E-state index contributed by atoms with van der Waals surface area (Å²) in [5, 5.41) is 17.0. The molecule has 2 N–H and O–H groups in total. The summed E-state index contributed by atoms with van der Waals surface area (Å²) < 4.78 is 0. The number of carbonyl (C=O) groups is 2. The number of thiophene rings is 1. The van der Waals surface area contributed by atoms with Gasteiger partial charge in [0.25, 0.3) is 11.8 Å². The van der Waals surface area contributed by atoms with Crippen LogP contribution in [0.15, 0.2) is 42.0 Å². The summed E-state index contributed by atoms with van der Waals surface area (Å²) in [6.07, 6.45) is 2.78. The zero-order valence-electron chi connectivity index (χ0n) is 18.8. The molecule has 0 bridgehead atoms. The molecule has 1 aliphatic carbocycles. The zero-order chi connectivity index (χ0) is 23.6. The summed E-state index contributed by atoms with van der Waals surface area (Å²) in [6, 6.07) is 11.0. The lowest BCUT2D eigenvalue weighted by Crippen LogP contribution is -2.29. The summed E-state index contributed by atoms with van der Waals surface area (Å²) >= 11 is 1.68. The van der Waals surface area contributed by atoms with Crippen LogP contribution in [0.4, 0.5) is 0 Å². The molecule has 0 fully saturated rings. The number of nitriles is 1. The van der Waals surface area contributed by atoms with E-state index < -0.39 is 0 Å². The van der Waals surface area contributed by atoms with Crippen LogP contribution >= 0.6 is 11.3 Å². The van der Waals surface area contributed by atoms with E-state index in [0.29, 0.717) is 12.1 Å². The number of rotatable bonds is 5. The Labute approximate surface area is 196 Å². The molecule has 3 aromatic rings. The minimum Gasteiger partial charge on any atom is -0.347 e. The molecule has 0 unspecified atom stereocenters. The Kier molecular flexibility index (Phi) is 6.25. The summed E-state index contributed by atoms with van der Waals surface area (Å²) in [4.78, 5) is 34.7. The van der Waals surface area contributed by atoms with Crippen LogP contribution in [0.2, 0.25) is 0 Å². The number of hydrogen-bond acceptors (Lipinski definition) is 6. The molecule has 168 valence electrons. The molecule has 2 aromatic heterocycles. The van der Waals surface area contributed by atoms with Crippen LogP contribution in [0.25, 0.3) is 0 Å². The first-order valence-corrected chi connectivity index (χ1v) is 11.6. The Morgan fingerprint density at radius 1 is 1.15 bits per heavy atom. The Morgan fingerprint density at radius 3 is 2.61 bits per heavy atom. The minimum absolute atomic E-state index is 0.0691. The SMILES string of the molecule is CC(C)(C)c1cc(CNC(=O)c2cc(C(=O)N[C@@H]3CCc4cc(C#N)ccc43)ncn2)cs1. The van der Waals surface area contributed by atoms with Gasteiger partial charge in [-0.25, -0.2) is 9.97 Å². The third kappa shape index (κ3) is 5.10. The fourth-order valence-corrected chi connectivity index (χ4v) is 4.81. The highest BCUT2D eigenvalue weighted by atomic mass is 32.1. The van der Waals surface area contributed by atoms with Gasteiger partial charge in [0.15, 0.2) is 0 Å². The Morgan fingerprint density at radius 2 is 1.91 bits per heavy atom. The predicted molar refractivity (Wildman–Crippen MR) is 126 cm³/mol. The number of hydrogen-bond donors (Lipinski definition) is 2. The molecule has 8 heteroatoms. The number of fused-ring (bicyclic) bond motifs is 1. The number of benzene rings is 1. The highest BCUT2D eigenvalue weighted by Crippen LogP contribution is 2.32. The minimum atomic E-state index is -0.360. The molecule has 4 rings (SSSR count). The van der Waals surface area contributed by atoms with Crippen LogP contribution in [0.5, 0.6) is 0 Å². The van der Waals surface area contributed by atoms with Gasteiger partial charge in [0, 0.05) is 17.5 Å². The monoisotopic (exact) mass is 459 g/mol. The van der Waals surface area contributed by atoms with E-state index in [2.05, 4.69) is 53.5 Å². The third-order valence-electron chi connectivity index (χ3n) is 5.63. The summed E-state index contributed by atoms with van der Waals surface area (Å²) in [7, 11) is 0. The maximum atomic E-state index is 12.8. The van der Waals surface area contributed by atoms with Gasteiger partial charge in [-0.3, -0.25) is 9.59 Å². The molecule has 33 heavy (non-hydrogen) atoms. The van der Waals surface area contributed by atoms with E-state index >= 15 is 0 Å². The van der Waals surface area contributed by atoms with Gasteiger partial charge in [0.2, 0.25) is 0 Å². The van der Waals surface area contributed by atoms with E-state index in [9.17, 15) is 9.59 Å². The first kappa shape index (κ1) is 22.6. The molecule has 2 amide bonds. The quantitative estimate of drug-likeness (QED) is 0.598. The van der Waals surface area contributed by atoms with E-state index in [0.717, 1.165) is 29.5 Å². The smallest absolute Gasteiger partial charge is 0.270 e. The second kappa shape index (κ2) is 9.12. The number of carbonyl (C=O) groups excluding carboxylic acids is 2. The molecule has 2 heterocycles. The second-order valence-electron chi connectivity index (χ2n) is 9.13. The molecule has 0 radical (unpaired) electrons. The average molecular weight is 460 g/mol. The summed E-state index contributed by atoms with van der Waals surface area (Å²) in [5.74, 6) is -0.716. The van der Waals surface area contributed by atoms with Gasteiger partial charge >= 0.3 is 0 Å². The molecule has 0 aliphatic heterocycles. The number of aryl methyl sites for hydroxylation is 1. The maximum Gasteiger partial charge on any atom is 0.270 e. The van der Waals surface area contributed by atoms with Crippen molar-refractivity contribution < 1.29 is 9.59 Å². The Balaban J connectivity index is 1.39. The number of amides is 2. The normalized spacial score (nSPS) is 14.9. The summed E-state index contributed by atoms with van der Waals surface area (Å²) in [6.45, 7) is 6.85. The summed E-state index contributed by atoms with van der Waals surface area (Å²) in [5.41, 5.74) is 4.09. The van der Waals surface area contributed by atoms with Crippen molar-refractivity contribution in [2.75, 3.05) is 0 Å². The van der Waals surface area contributed by atoms with Crippen LogP contribution < -0.4 is 10.6 Å². The highest BCUT2D eigenvalue weighted by molar-refractivity contribution is 7.10. The fraction of sp³-hybridized carbons (Fsp3) is 0.320. The molecule has 7 nitrogen and oxygen atoms in total. The molecule has 1 aliphatic rings. The zero-order valence-corrected chi connectivity index (χ0v) is 19.6. The maximum absolute atomic E-state index is 12.8. The number of aromatic nitrogens is 2. The van der Waals surface area contributed by atoms with E-state index in [-0.39, 0.29) is 34.7 Å². The molecule has 1 atom stereocenters. The topological polar surface area (TPSA) is 108 Å². The number of nitrogens with one attached hydrogen (secondary N) is 2. The van der Waals surface area contributed by atoms with Gasteiger partial charge < -0.3 is 10.6 Å². The van der Waals surface area contributed by atoms with E-state index in [1.165, 1.54) is 17.3 Å². The van der Waals surface area contributed by atoms with Crippen LogP contribution in [0.3, 0.4) is 0 Å². The standard InChI is InChI=1S/C25H25N5O2S/c1-25(2,3)22-9-16(13-33-22)12-27-23(31)20-10-21(29-14-28-20)24(32)30-19-7-5-17-8-15(11-26)4-6-18(17)19/h4,6,8-10,13-14,19H,5,7,12H2,1-3H3,(H,27,31)(H,30,32)/t19-/m1/s1. The lowest BCUT2D eigenvalue weighted by molar-refractivity contribution is 0.0931. The molecule has 0 saturated carbocycles. The van der Waals surface area contributed by atoms with Gasteiger partial charge in [0.1, 0.15) is 17.7 Å². The molecule has 1 aromatic carbocycles. The second-order valence-corrected chi connectivity index (χ2v) is 10.0. The molecule has 0 spiro atoms. The Bertz CT molecular complexity index is 1250. The van der Waals surface area contributed by atoms with E-state index in [1.807, 2.05) is 17.5 Å². The van der Waals surface area contributed by atoms with Crippen molar-refractivity contribution in [1.29, 1.82) is 5.26 Å². The van der Waals surface area contributed by atoms with E-state index in [4.69, 9.17) is 5.26 Å². The largest absolute Gasteiger partial charge is 0.347 e. The first-order valence-electron chi connectivity index (χ1n) is 10.8. The number of nitrogens with zero attached hydrogens (tertiary/aromatic N) is 3. The molecular formula is C25H25N5O2S. The lowest BCUT2D eigenvalue weighted by atomic mass is 9.94. The first-order chi connectivity index (χ1) is 15.7. The molecular weight excluding hydrogens is 434 g/mol. The third-order valence-corrected chi connectivity index (χ3v) is 7.04. The fourth-order valence-electron chi connectivity index (χ4n) is 3.81. The van der Waals surface area contributed by atoms with Crippen molar-refractivity contribution in [1.82, 2.24) is 20.6 Å². The van der Waals surface area contributed by atoms with Crippen molar-refractivity contribution in [3.63, 3.8) is 0 Å². The van der Waals surface area contributed by atoms with Gasteiger partial charge in [-0.1, -0.05) is 26.8 Å². The highest BCUT2D eigenvalue weighted by Gasteiger charge is 2.25. The van der Waals surface area contributed by atoms with Gasteiger partial charge in [0.05, 0.1) is 17.7 Å². The molecule has 0 saturated heterocycles. The van der Waals surface area contributed by atoms with Gasteiger partial charge in [-0.2, -0.15) is 5.26 Å². The van der Waals surface area contributed by atoms with Crippen molar-refractivity contribution in [3.05, 3.63) is 80.6 Å². The van der Waals surface area contributed by atoms with Crippen LogP contribution in [0.1, 0.15) is 81.3 Å². The predicted octanol–water partition coefficient (Wildman–Crippen LogP) is 4.05. The van der Waals surface area contributed by atoms with Crippen LogP contribution in [0, 0.1) is 11.3 Å².